The Kier molecular flexibility index (Phi) is 6.05. The van der Waals surface area contributed by atoms with Crippen LogP contribution in [0.1, 0.15) is 33.6 Å². The summed E-state index contributed by atoms with van der Waals surface area (Å²) in [6.07, 6.45) is -3.52. The van der Waals surface area contributed by atoms with Gasteiger partial charge in [-0.25, -0.2) is 14.0 Å². The first kappa shape index (κ1) is 18.9. The Morgan fingerprint density at radius 1 is 1.43 bits per heavy atom. The molecule has 1 heterocycles. The van der Waals surface area contributed by atoms with E-state index >= 15 is 0 Å². The van der Waals surface area contributed by atoms with Gasteiger partial charge in [0.15, 0.2) is 0 Å². The number of aliphatic carboxylic acids is 1. The fraction of sp³-hybridized carbons (Fsp3) is 0.714. The molecule has 1 aliphatic rings. The van der Waals surface area contributed by atoms with Crippen molar-refractivity contribution in [2.45, 2.75) is 51.4 Å². The molecule has 0 saturated carbocycles. The highest BCUT2D eigenvalue weighted by Gasteiger charge is 2.37. The summed E-state index contributed by atoms with van der Waals surface area (Å²) in [7, 11) is 0. The number of rotatable bonds is 6. The van der Waals surface area contributed by atoms with E-state index in [-0.39, 0.29) is 12.3 Å². The Bertz CT molecular complexity index is 502. The highest BCUT2D eigenvalue weighted by molar-refractivity contribution is 6.04. The molecule has 0 aromatic carbocycles. The Morgan fingerprint density at radius 2 is 2.04 bits per heavy atom. The molecule has 8 nitrogen and oxygen atoms in total. The van der Waals surface area contributed by atoms with Crippen LogP contribution in [-0.2, 0) is 19.1 Å². The number of hydrogen-bond donors (Lipinski definition) is 3. The van der Waals surface area contributed by atoms with E-state index in [1.165, 1.54) is 0 Å². The Labute approximate surface area is 132 Å². The fourth-order valence-electron chi connectivity index (χ4n) is 2.15. The molecule has 2 amide bonds. The minimum Gasteiger partial charge on any atom is -0.479 e. The van der Waals surface area contributed by atoms with Gasteiger partial charge in [0.1, 0.15) is 5.60 Å². The number of carboxylic acid groups (broad SMARTS) is 1. The van der Waals surface area contributed by atoms with E-state index in [0.717, 1.165) is 0 Å². The summed E-state index contributed by atoms with van der Waals surface area (Å²) in [5.74, 6) is -4.18. The number of nitrogens with one attached hydrogen (secondary N) is 2. The van der Waals surface area contributed by atoms with Crippen LogP contribution >= 0.6 is 0 Å². The van der Waals surface area contributed by atoms with E-state index in [1.54, 1.807) is 20.8 Å². The molecule has 1 fully saturated rings. The number of ketones is 1. The number of carbonyl (C=O) groups excluding carboxylic acids is 3. The maximum absolute atomic E-state index is 13.5. The van der Waals surface area contributed by atoms with Crippen molar-refractivity contribution in [2.24, 2.45) is 5.92 Å². The lowest BCUT2D eigenvalue weighted by atomic mass is 9.94. The van der Waals surface area contributed by atoms with Crippen molar-refractivity contribution in [3.05, 3.63) is 0 Å². The van der Waals surface area contributed by atoms with Gasteiger partial charge in [-0.2, -0.15) is 0 Å². The molecule has 3 N–H and O–H groups in total. The normalized spacial score (nSPS) is 20.3. The van der Waals surface area contributed by atoms with E-state index in [0.29, 0.717) is 13.0 Å². The summed E-state index contributed by atoms with van der Waals surface area (Å²) < 4.78 is 18.5. The van der Waals surface area contributed by atoms with Crippen LogP contribution in [0.5, 0.6) is 0 Å². The molecular weight excluding hydrogens is 311 g/mol. The molecule has 9 heteroatoms. The SMILES string of the molecule is CC(C)(C)OC(=O)N[C@@H](CC1CCNC1=O)C(=O)C(F)C(=O)O. The molecule has 0 bridgehead atoms. The topological polar surface area (TPSA) is 122 Å². The van der Waals surface area contributed by atoms with Gasteiger partial charge in [0.25, 0.3) is 6.17 Å². The molecule has 130 valence electrons. The van der Waals surface area contributed by atoms with Gasteiger partial charge in [0.2, 0.25) is 11.7 Å². The molecule has 23 heavy (non-hydrogen) atoms. The summed E-state index contributed by atoms with van der Waals surface area (Å²) in [5, 5.41) is 13.3. The molecule has 1 rings (SSSR count). The van der Waals surface area contributed by atoms with Crippen molar-refractivity contribution in [2.75, 3.05) is 6.54 Å². The third-order valence-corrected chi connectivity index (χ3v) is 3.18. The number of amides is 2. The van der Waals surface area contributed by atoms with Crippen molar-refractivity contribution in [3.8, 4) is 0 Å². The number of alkyl halides is 1. The van der Waals surface area contributed by atoms with Gasteiger partial charge in [0.05, 0.1) is 6.04 Å². The molecular formula is C14H21FN2O6. The second kappa shape index (κ2) is 7.38. The second-order valence-electron chi connectivity index (χ2n) is 6.31. The highest BCUT2D eigenvalue weighted by atomic mass is 19.1. The number of carbonyl (C=O) groups is 4. The number of ether oxygens (including phenoxy) is 1. The Hall–Kier alpha value is -2.19. The van der Waals surface area contributed by atoms with Crippen LogP contribution in [0.2, 0.25) is 0 Å². The minimum atomic E-state index is -2.78. The summed E-state index contributed by atoms with van der Waals surface area (Å²) in [4.78, 5) is 45.9. The average molecular weight is 332 g/mol. The van der Waals surface area contributed by atoms with Crippen molar-refractivity contribution in [3.63, 3.8) is 0 Å². The zero-order chi connectivity index (χ0) is 17.8. The maximum atomic E-state index is 13.5. The van der Waals surface area contributed by atoms with Crippen LogP contribution in [-0.4, -0.2) is 53.2 Å². The van der Waals surface area contributed by atoms with Crippen LogP contribution in [0.4, 0.5) is 9.18 Å². The Morgan fingerprint density at radius 3 is 2.48 bits per heavy atom. The average Bonchev–Trinajstić information content (AvgIpc) is 2.79. The van der Waals surface area contributed by atoms with Gasteiger partial charge in [-0.1, -0.05) is 0 Å². The van der Waals surface area contributed by atoms with Gasteiger partial charge in [-0.3, -0.25) is 9.59 Å². The van der Waals surface area contributed by atoms with Crippen molar-refractivity contribution >= 4 is 23.8 Å². The van der Waals surface area contributed by atoms with E-state index in [4.69, 9.17) is 9.84 Å². The smallest absolute Gasteiger partial charge is 0.408 e. The third kappa shape index (κ3) is 5.84. The number of alkyl carbamates (subject to hydrolysis) is 1. The van der Waals surface area contributed by atoms with Crippen molar-refractivity contribution < 1.29 is 33.4 Å². The Balaban J connectivity index is 2.83. The van der Waals surface area contributed by atoms with E-state index in [9.17, 15) is 23.6 Å². The van der Waals surface area contributed by atoms with E-state index < -0.39 is 41.6 Å². The number of carboxylic acids is 1. The molecule has 0 aromatic heterocycles. The van der Waals surface area contributed by atoms with Gasteiger partial charge >= 0.3 is 12.1 Å². The van der Waals surface area contributed by atoms with Gasteiger partial charge < -0.3 is 20.5 Å². The summed E-state index contributed by atoms with van der Waals surface area (Å²) >= 11 is 0. The lowest BCUT2D eigenvalue weighted by Crippen LogP contribution is -2.49. The van der Waals surface area contributed by atoms with E-state index in [1.807, 2.05) is 0 Å². The molecule has 2 unspecified atom stereocenters. The molecule has 0 radical (unpaired) electrons. The predicted octanol–water partition coefficient (Wildman–Crippen LogP) is 0.398. The second-order valence-corrected chi connectivity index (χ2v) is 6.31. The highest BCUT2D eigenvalue weighted by Crippen LogP contribution is 2.18. The number of hydrogen-bond acceptors (Lipinski definition) is 5. The number of Topliss-reactive ketones (excluding diaryl/α,β-unsaturated/α-hetero) is 1. The zero-order valence-electron chi connectivity index (χ0n) is 13.2. The standard InChI is InChI=1S/C14H21FN2O6/c1-14(2,3)23-13(22)17-8(10(18)9(15)12(20)21)6-7-4-5-16-11(7)19/h7-9H,4-6H2,1-3H3,(H,16,19)(H,17,22)(H,20,21)/t7?,8-,9?/m0/s1. The van der Waals surface area contributed by atoms with Crippen molar-refractivity contribution in [1.82, 2.24) is 10.6 Å². The first-order chi connectivity index (χ1) is 10.5. The minimum absolute atomic E-state index is 0.183. The largest absolute Gasteiger partial charge is 0.479 e. The van der Waals surface area contributed by atoms with Crippen molar-refractivity contribution in [1.29, 1.82) is 0 Å². The number of halogens is 1. The molecule has 0 aliphatic carbocycles. The van der Waals surface area contributed by atoms with Crippen LogP contribution in [0, 0.1) is 5.92 Å². The first-order valence-electron chi connectivity index (χ1n) is 7.19. The third-order valence-electron chi connectivity index (χ3n) is 3.18. The van der Waals surface area contributed by atoms with Crippen LogP contribution in [0.15, 0.2) is 0 Å². The summed E-state index contributed by atoms with van der Waals surface area (Å²) in [6, 6.07) is -1.45. The van der Waals surface area contributed by atoms with Crippen LogP contribution in [0.3, 0.4) is 0 Å². The van der Waals surface area contributed by atoms with E-state index in [2.05, 4.69) is 10.6 Å². The monoisotopic (exact) mass is 332 g/mol. The lowest BCUT2D eigenvalue weighted by Gasteiger charge is -2.24. The lowest BCUT2D eigenvalue weighted by molar-refractivity contribution is -0.148. The molecule has 3 atom stereocenters. The van der Waals surface area contributed by atoms with Gasteiger partial charge in [0, 0.05) is 12.5 Å². The fourth-order valence-corrected chi connectivity index (χ4v) is 2.15. The van der Waals surface area contributed by atoms with Crippen LogP contribution in [0.25, 0.3) is 0 Å². The quantitative estimate of drug-likeness (QED) is 0.605. The zero-order valence-corrected chi connectivity index (χ0v) is 13.2. The molecule has 0 spiro atoms. The van der Waals surface area contributed by atoms with Gasteiger partial charge in [-0.15, -0.1) is 0 Å². The predicted molar refractivity (Wildman–Crippen MR) is 76.4 cm³/mol. The maximum Gasteiger partial charge on any atom is 0.408 e. The first-order valence-corrected chi connectivity index (χ1v) is 7.19. The van der Waals surface area contributed by atoms with Gasteiger partial charge in [-0.05, 0) is 33.6 Å². The van der Waals surface area contributed by atoms with Crippen LogP contribution < -0.4 is 10.6 Å². The summed E-state index contributed by atoms with van der Waals surface area (Å²) in [6.45, 7) is 5.21. The molecule has 0 aromatic rings. The molecule has 1 aliphatic heterocycles. The summed E-state index contributed by atoms with van der Waals surface area (Å²) in [5.41, 5.74) is -0.843. The molecule has 1 saturated heterocycles.